The number of carboxylic acids is 1. The highest BCUT2D eigenvalue weighted by Crippen LogP contribution is 2.65. The van der Waals surface area contributed by atoms with Gasteiger partial charge in [0.2, 0.25) is 12.2 Å². The summed E-state index contributed by atoms with van der Waals surface area (Å²) < 4.78 is 32.2. The molecule has 2 heterocycles. The van der Waals surface area contributed by atoms with Crippen molar-refractivity contribution < 1.29 is 62.6 Å². The number of piperidine rings is 1. The molecule has 4 aliphatic rings. The summed E-state index contributed by atoms with van der Waals surface area (Å²) in [7, 11) is 3.48. The van der Waals surface area contributed by atoms with Gasteiger partial charge in [0.1, 0.15) is 5.76 Å². The topological polar surface area (TPSA) is 184 Å². The second-order valence-electron chi connectivity index (χ2n) is 11.2. The summed E-state index contributed by atoms with van der Waals surface area (Å²) in [6.07, 6.45) is -4.05. The lowest BCUT2D eigenvalue weighted by Crippen LogP contribution is -2.74. The Hall–Kier alpha value is -4.17. The Kier molecular flexibility index (Phi) is 7.63. The Morgan fingerprint density at radius 1 is 1.05 bits per heavy atom. The molecule has 232 valence electrons. The maximum atomic E-state index is 13.2. The normalized spacial score (nSPS) is 28.6. The van der Waals surface area contributed by atoms with Gasteiger partial charge >= 0.3 is 29.8 Å². The molecule has 3 unspecified atom stereocenters. The van der Waals surface area contributed by atoms with Crippen molar-refractivity contribution in [1.29, 1.82) is 0 Å². The number of hydrogen-bond acceptors (Lipinski definition) is 13. The molecule has 0 radical (unpaired) electrons. The van der Waals surface area contributed by atoms with Crippen LogP contribution < -0.4 is 9.47 Å². The van der Waals surface area contributed by atoms with Crippen LogP contribution in [-0.2, 0) is 54.8 Å². The second kappa shape index (κ2) is 10.8. The summed E-state index contributed by atoms with van der Waals surface area (Å²) in [4.78, 5) is 62.8. The fraction of sp³-hybridized carbons (Fsp3) is 0.552. The molecule has 1 saturated heterocycles. The van der Waals surface area contributed by atoms with Crippen molar-refractivity contribution in [2.75, 3.05) is 20.7 Å². The first-order valence-electron chi connectivity index (χ1n) is 13.7. The van der Waals surface area contributed by atoms with Crippen LogP contribution in [-0.4, -0.2) is 102 Å². The van der Waals surface area contributed by atoms with Gasteiger partial charge in [0.15, 0.2) is 23.7 Å². The molecule has 0 aromatic heterocycles. The van der Waals surface area contributed by atoms with Crippen LogP contribution in [0.4, 0.5) is 0 Å². The van der Waals surface area contributed by atoms with Crippen molar-refractivity contribution in [1.82, 2.24) is 4.90 Å². The van der Waals surface area contributed by atoms with E-state index in [9.17, 15) is 34.2 Å². The lowest BCUT2D eigenvalue weighted by Gasteiger charge is -2.61. The minimum Gasteiger partial charge on any atom is -0.493 e. The molecule has 7 atom stereocenters. The molecule has 1 spiro atoms. The molecular formula is C29H33NO13. The highest BCUT2D eigenvalue weighted by Gasteiger charge is 2.72. The van der Waals surface area contributed by atoms with E-state index in [-0.39, 0.29) is 18.2 Å². The molecule has 0 amide bonds. The first kappa shape index (κ1) is 30.3. The van der Waals surface area contributed by atoms with E-state index in [1.54, 1.807) is 12.1 Å². The lowest BCUT2D eigenvalue weighted by molar-refractivity contribution is -0.193. The molecular weight excluding hydrogens is 570 g/mol. The van der Waals surface area contributed by atoms with Crippen LogP contribution in [0.25, 0.3) is 0 Å². The molecule has 1 aromatic rings. The number of hydrogen-bond donors (Lipinski definition) is 2. The van der Waals surface area contributed by atoms with Gasteiger partial charge in [-0.15, -0.1) is 0 Å². The summed E-state index contributed by atoms with van der Waals surface area (Å²) in [6.45, 7) is 3.66. The van der Waals surface area contributed by atoms with E-state index in [4.69, 9.17) is 23.7 Å². The average Bonchev–Trinajstić information content (AvgIpc) is 3.29. The Morgan fingerprint density at radius 2 is 1.72 bits per heavy atom. The summed E-state index contributed by atoms with van der Waals surface area (Å²) >= 11 is 0. The van der Waals surface area contributed by atoms with Crippen LogP contribution in [0.5, 0.6) is 11.5 Å². The van der Waals surface area contributed by atoms with Crippen LogP contribution in [0.1, 0.15) is 44.7 Å². The molecule has 2 aliphatic carbocycles. The molecule has 5 rings (SSSR count). The monoisotopic (exact) mass is 603 g/mol. The fourth-order valence-electron chi connectivity index (χ4n) is 6.91. The predicted octanol–water partition coefficient (Wildman–Crippen LogP) is 0.396. The van der Waals surface area contributed by atoms with Crippen molar-refractivity contribution in [3.05, 3.63) is 35.1 Å². The number of esters is 4. The van der Waals surface area contributed by atoms with Gasteiger partial charge in [0.05, 0.1) is 18.1 Å². The summed E-state index contributed by atoms with van der Waals surface area (Å²) in [5, 5.41) is 21.7. The molecule has 1 fully saturated rings. The van der Waals surface area contributed by atoms with Crippen LogP contribution in [0, 0.1) is 0 Å². The number of nitrogens with zero attached hydrogens (tertiary/aromatic N) is 1. The number of likely N-dealkylation sites (tertiary alicyclic amines) is 1. The van der Waals surface area contributed by atoms with Gasteiger partial charge in [-0.3, -0.25) is 9.59 Å². The third-order valence-electron chi connectivity index (χ3n) is 8.74. The van der Waals surface area contributed by atoms with Gasteiger partial charge in [-0.05, 0) is 51.1 Å². The van der Waals surface area contributed by atoms with Crippen LogP contribution in [0.3, 0.4) is 0 Å². The smallest absolute Gasteiger partial charge is 0.352 e. The number of ether oxygens (including phenoxy) is 6. The van der Waals surface area contributed by atoms with Crippen molar-refractivity contribution in [2.24, 2.45) is 0 Å². The Balaban J connectivity index is 1.40. The van der Waals surface area contributed by atoms with Crippen molar-refractivity contribution in [2.45, 2.75) is 81.5 Å². The minimum atomic E-state index is -2.21. The third-order valence-corrected chi connectivity index (χ3v) is 8.74. The SMILES string of the molecule is COc1ccc2c3c1O[C@H]1C(OC(=O)C(C)OC(=O)C(OC(C)=O)C(OC(C)=O)C(=O)O)=CC[C@@]4(O)[C@@H](C2)N(C)CC[C@]314. The van der Waals surface area contributed by atoms with E-state index < -0.39 is 65.3 Å². The Labute approximate surface area is 246 Å². The molecule has 14 heteroatoms. The van der Waals surface area contributed by atoms with E-state index >= 15 is 0 Å². The first-order chi connectivity index (χ1) is 20.2. The van der Waals surface area contributed by atoms with Crippen molar-refractivity contribution in [3.63, 3.8) is 0 Å². The number of carboxylic acid groups (broad SMARTS) is 1. The van der Waals surface area contributed by atoms with Gasteiger partial charge < -0.3 is 43.5 Å². The summed E-state index contributed by atoms with van der Waals surface area (Å²) in [5.74, 6) is -5.28. The van der Waals surface area contributed by atoms with Crippen molar-refractivity contribution in [3.8, 4) is 11.5 Å². The Morgan fingerprint density at radius 3 is 2.35 bits per heavy atom. The van der Waals surface area contributed by atoms with E-state index in [2.05, 4.69) is 9.64 Å². The summed E-state index contributed by atoms with van der Waals surface area (Å²) in [5.41, 5.74) is -0.334. The zero-order valence-corrected chi connectivity index (χ0v) is 24.3. The molecule has 14 nitrogen and oxygen atoms in total. The second-order valence-corrected chi connectivity index (χ2v) is 11.2. The molecule has 1 aromatic carbocycles. The minimum absolute atomic E-state index is 0.117. The molecule has 2 aliphatic heterocycles. The maximum absolute atomic E-state index is 13.2. The zero-order valence-electron chi connectivity index (χ0n) is 24.3. The number of rotatable bonds is 9. The van der Waals surface area contributed by atoms with E-state index in [1.807, 2.05) is 13.1 Å². The van der Waals surface area contributed by atoms with Crippen LogP contribution in [0.15, 0.2) is 24.0 Å². The number of aliphatic carboxylic acids is 1. The van der Waals surface area contributed by atoms with Gasteiger partial charge in [-0.2, -0.15) is 0 Å². The van der Waals surface area contributed by atoms with Gasteiger partial charge in [0.25, 0.3) is 0 Å². The van der Waals surface area contributed by atoms with E-state index in [0.29, 0.717) is 30.9 Å². The molecule has 2 bridgehead atoms. The van der Waals surface area contributed by atoms with Crippen molar-refractivity contribution >= 4 is 29.8 Å². The first-order valence-corrected chi connectivity index (χ1v) is 13.7. The predicted molar refractivity (Wildman–Crippen MR) is 142 cm³/mol. The molecule has 2 N–H and O–H groups in total. The van der Waals surface area contributed by atoms with Gasteiger partial charge in [-0.25, -0.2) is 14.4 Å². The Bertz CT molecular complexity index is 1420. The fourth-order valence-corrected chi connectivity index (χ4v) is 6.91. The quantitative estimate of drug-likeness (QED) is 0.292. The molecule has 0 saturated carbocycles. The number of likely N-dealkylation sites (N-methyl/N-ethyl adjacent to an activating group) is 1. The zero-order chi connectivity index (χ0) is 31.4. The van der Waals surface area contributed by atoms with Crippen LogP contribution in [0.2, 0.25) is 0 Å². The number of aliphatic hydroxyl groups is 1. The highest BCUT2D eigenvalue weighted by atomic mass is 16.6. The maximum Gasteiger partial charge on any atom is 0.352 e. The summed E-state index contributed by atoms with van der Waals surface area (Å²) in [6, 6.07) is 3.55. The largest absolute Gasteiger partial charge is 0.493 e. The highest BCUT2D eigenvalue weighted by molar-refractivity contribution is 5.89. The number of methoxy groups -OCH3 is 1. The van der Waals surface area contributed by atoms with Crippen LogP contribution >= 0.6 is 0 Å². The standard InChI is InChI=1S/C29H33NO13/c1-13(39-27(36)23(41-15(3)32)22(25(33)34)40-14(2)31)26(35)42-18-8-9-29(37)19-12-16-6-7-17(38-5)21-20(16)28(29,24(18)43-21)10-11-30(19)4/h6-8,13,19,22-24,37H,9-12H2,1-5H3,(H,33,34)/t13?,19-,22?,23?,24+,28+,29-/m1/s1. The molecule has 43 heavy (non-hydrogen) atoms. The van der Waals surface area contributed by atoms with Gasteiger partial charge in [-0.1, -0.05) is 6.07 Å². The third kappa shape index (κ3) is 4.68. The number of carbonyl (C=O) groups excluding carboxylic acids is 4. The van der Waals surface area contributed by atoms with E-state index in [0.717, 1.165) is 25.0 Å². The number of carbonyl (C=O) groups is 5. The van der Waals surface area contributed by atoms with Gasteiger partial charge in [0, 0.05) is 31.9 Å². The average molecular weight is 604 g/mol. The number of benzene rings is 1. The van der Waals surface area contributed by atoms with E-state index in [1.165, 1.54) is 14.0 Å². The lowest BCUT2D eigenvalue weighted by atomic mass is 9.50.